The summed E-state index contributed by atoms with van der Waals surface area (Å²) < 4.78 is 0. The smallest absolute Gasteiger partial charge is 0.335 e. The Hall–Kier alpha value is -2.16. The van der Waals surface area contributed by atoms with Gasteiger partial charge in [0.15, 0.2) is 0 Å². The predicted octanol–water partition coefficient (Wildman–Crippen LogP) is 2.76. The van der Waals surface area contributed by atoms with Crippen LogP contribution in [0.3, 0.4) is 0 Å². The van der Waals surface area contributed by atoms with Crippen LogP contribution in [-0.2, 0) is 0 Å². The summed E-state index contributed by atoms with van der Waals surface area (Å²) >= 11 is 0. The van der Waals surface area contributed by atoms with Gasteiger partial charge in [0.2, 0.25) is 0 Å². The quantitative estimate of drug-likeness (QED) is 0.834. The summed E-state index contributed by atoms with van der Waals surface area (Å²) in [6, 6.07) is 8.93. The van der Waals surface area contributed by atoms with Gasteiger partial charge in [-0.2, -0.15) is 0 Å². The van der Waals surface area contributed by atoms with Crippen molar-refractivity contribution in [3.05, 3.63) is 53.9 Å². The van der Waals surface area contributed by atoms with Crippen LogP contribution in [0, 0.1) is 6.92 Å². The topological polar surface area (TPSA) is 50.2 Å². The van der Waals surface area contributed by atoms with Gasteiger partial charge in [-0.1, -0.05) is 6.07 Å². The van der Waals surface area contributed by atoms with Gasteiger partial charge in [-0.05, 0) is 47.9 Å². The number of hydrogen-bond acceptors (Lipinski definition) is 2. The molecular weight excluding hydrogens is 202 g/mol. The molecule has 2 aromatic rings. The van der Waals surface area contributed by atoms with Crippen LogP contribution < -0.4 is 0 Å². The first-order chi connectivity index (χ1) is 7.68. The highest BCUT2D eigenvalue weighted by Crippen LogP contribution is 2.23. The zero-order chi connectivity index (χ0) is 11.5. The lowest BCUT2D eigenvalue weighted by molar-refractivity contribution is 0.0697. The molecule has 1 aromatic heterocycles. The van der Waals surface area contributed by atoms with E-state index in [2.05, 4.69) is 4.98 Å². The van der Waals surface area contributed by atoms with E-state index in [9.17, 15) is 4.79 Å². The van der Waals surface area contributed by atoms with E-state index in [1.54, 1.807) is 24.5 Å². The van der Waals surface area contributed by atoms with Crippen molar-refractivity contribution in [1.29, 1.82) is 0 Å². The highest BCUT2D eigenvalue weighted by molar-refractivity contribution is 5.89. The Bertz CT molecular complexity index is 521. The van der Waals surface area contributed by atoms with Gasteiger partial charge in [0, 0.05) is 12.4 Å². The Kier molecular flexibility index (Phi) is 2.68. The predicted molar refractivity (Wildman–Crippen MR) is 61.4 cm³/mol. The summed E-state index contributed by atoms with van der Waals surface area (Å²) in [7, 11) is 0. The Morgan fingerprint density at radius 2 is 1.88 bits per heavy atom. The normalized spacial score (nSPS) is 10.1. The highest BCUT2D eigenvalue weighted by atomic mass is 16.4. The number of aromatic nitrogens is 1. The van der Waals surface area contributed by atoms with Crippen LogP contribution in [0.4, 0.5) is 0 Å². The number of aryl methyl sites for hydroxylation is 1. The van der Waals surface area contributed by atoms with Crippen LogP contribution in [0.5, 0.6) is 0 Å². The largest absolute Gasteiger partial charge is 0.478 e. The third kappa shape index (κ3) is 1.93. The summed E-state index contributed by atoms with van der Waals surface area (Å²) in [6.07, 6.45) is 3.44. The first-order valence-electron chi connectivity index (χ1n) is 4.93. The molecule has 0 fully saturated rings. The third-order valence-electron chi connectivity index (χ3n) is 2.46. The maximum Gasteiger partial charge on any atom is 0.335 e. The van der Waals surface area contributed by atoms with E-state index in [4.69, 9.17) is 5.11 Å². The van der Waals surface area contributed by atoms with Crippen LogP contribution in [-0.4, -0.2) is 16.1 Å². The lowest BCUT2D eigenvalue weighted by Crippen LogP contribution is -1.97. The van der Waals surface area contributed by atoms with E-state index < -0.39 is 5.97 Å². The number of nitrogens with zero attached hydrogens (tertiary/aromatic N) is 1. The monoisotopic (exact) mass is 213 g/mol. The van der Waals surface area contributed by atoms with Gasteiger partial charge < -0.3 is 5.11 Å². The van der Waals surface area contributed by atoms with Crippen LogP contribution in [0.15, 0.2) is 42.7 Å². The van der Waals surface area contributed by atoms with Crippen molar-refractivity contribution in [2.24, 2.45) is 0 Å². The summed E-state index contributed by atoms with van der Waals surface area (Å²) in [4.78, 5) is 14.7. The maximum absolute atomic E-state index is 10.8. The Morgan fingerprint density at radius 3 is 2.44 bits per heavy atom. The zero-order valence-electron chi connectivity index (χ0n) is 8.84. The summed E-state index contributed by atoms with van der Waals surface area (Å²) in [5.74, 6) is -0.899. The zero-order valence-corrected chi connectivity index (χ0v) is 8.84. The third-order valence-corrected chi connectivity index (χ3v) is 2.46. The van der Waals surface area contributed by atoms with Crippen molar-refractivity contribution in [3.8, 4) is 11.1 Å². The van der Waals surface area contributed by atoms with Gasteiger partial charge in [0.25, 0.3) is 0 Å². The maximum atomic E-state index is 10.8. The number of pyridine rings is 1. The van der Waals surface area contributed by atoms with Crippen LogP contribution in [0.1, 0.15) is 15.9 Å². The van der Waals surface area contributed by atoms with E-state index in [-0.39, 0.29) is 0 Å². The molecule has 0 bridgehead atoms. The number of carboxylic acids is 1. The van der Waals surface area contributed by atoms with Gasteiger partial charge in [0.05, 0.1) is 5.56 Å². The molecule has 3 heteroatoms. The number of rotatable bonds is 2. The van der Waals surface area contributed by atoms with Gasteiger partial charge in [-0.15, -0.1) is 0 Å². The SMILES string of the molecule is Cc1cc(C(=O)O)ccc1-c1ccncc1. The standard InChI is InChI=1S/C13H11NO2/c1-9-8-11(13(15)16)2-3-12(9)10-4-6-14-7-5-10/h2-8H,1H3,(H,15,16). The second kappa shape index (κ2) is 4.14. The second-order valence-electron chi connectivity index (χ2n) is 3.57. The van der Waals surface area contributed by atoms with Crippen molar-refractivity contribution < 1.29 is 9.90 Å². The lowest BCUT2D eigenvalue weighted by atomic mass is 9.99. The van der Waals surface area contributed by atoms with Crippen LogP contribution in [0.2, 0.25) is 0 Å². The van der Waals surface area contributed by atoms with Gasteiger partial charge >= 0.3 is 5.97 Å². The number of carbonyl (C=O) groups is 1. The molecule has 0 aliphatic heterocycles. The molecule has 1 heterocycles. The van der Waals surface area contributed by atoms with E-state index in [0.29, 0.717) is 5.56 Å². The van der Waals surface area contributed by atoms with Gasteiger partial charge in [-0.25, -0.2) is 4.79 Å². The molecule has 2 rings (SSSR count). The first kappa shape index (κ1) is 10.4. The number of benzene rings is 1. The molecule has 0 radical (unpaired) electrons. The van der Waals surface area contributed by atoms with Crippen LogP contribution in [0.25, 0.3) is 11.1 Å². The summed E-state index contributed by atoms with van der Waals surface area (Å²) in [5, 5.41) is 8.86. The van der Waals surface area contributed by atoms with Crippen molar-refractivity contribution >= 4 is 5.97 Å². The van der Waals surface area contributed by atoms with Crippen molar-refractivity contribution in [2.45, 2.75) is 6.92 Å². The molecule has 0 spiro atoms. The minimum atomic E-state index is -0.899. The van der Waals surface area contributed by atoms with Crippen LogP contribution >= 0.6 is 0 Å². The fourth-order valence-electron chi connectivity index (χ4n) is 1.65. The number of aromatic carboxylic acids is 1. The molecule has 0 unspecified atom stereocenters. The minimum Gasteiger partial charge on any atom is -0.478 e. The average molecular weight is 213 g/mol. The van der Waals surface area contributed by atoms with E-state index in [1.807, 2.05) is 25.1 Å². The average Bonchev–Trinajstić information content (AvgIpc) is 2.30. The fraction of sp³-hybridized carbons (Fsp3) is 0.0769. The van der Waals surface area contributed by atoms with Gasteiger partial charge in [0.1, 0.15) is 0 Å². The van der Waals surface area contributed by atoms with Crippen molar-refractivity contribution in [3.63, 3.8) is 0 Å². The molecule has 1 aromatic carbocycles. The number of hydrogen-bond donors (Lipinski definition) is 1. The summed E-state index contributed by atoms with van der Waals surface area (Å²) in [5.41, 5.74) is 3.35. The molecular formula is C13H11NO2. The summed E-state index contributed by atoms with van der Waals surface area (Å²) in [6.45, 7) is 1.90. The molecule has 0 saturated carbocycles. The van der Waals surface area contributed by atoms with E-state index in [1.165, 1.54) is 0 Å². The van der Waals surface area contributed by atoms with Crippen molar-refractivity contribution in [2.75, 3.05) is 0 Å². The number of carboxylic acid groups (broad SMARTS) is 1. The lowest BCUT2D eigenvalue weighted by Gasteiger charge is -2.06. The molecule has 0 aliphatic rings. The molecule has 1 N–H and O–H groups in total. The molecule has 0 atom stereocenters. The molecule has 16 heavy (non-hydrogen) atoms. The Labute approximate surface area is 93.4 Å². The molecule has 3 nitrogen and oxygen atoms in total. The second-order valence-corrected chi connectivity index (χ2v) is 3.57. The molecule has 80 valence electrons. The van der Waals surface area contributed by atoms with E-state index in [0.717, 1.165) is 16.7 Å². The minimum absolute atomic E-state index is 0.315. The Balaban J connectivity index is 2.48. The van der Waals surface area contributed by atoms with Gasteiger partial charge in [-0.3, -0.25) is 4.98 Å². The molecule has 0 amide bonds. The molecule has 0 aliphatic carbocycles. The first-order valence-corrected chi connectivity index (χ1v) is 4.93. The Morgan fingerprint density at radius 1 is 1.19 bits per heavy atom. The van der Waals surface area contributed by atoms with Crippen molar-refractivity contribution in [1.82, 2.24) is 4.98 Å². The highest BCUT2D eigenvalue weighted by Gasteiger charge is 2.06. The fourth-order valence-corrected chi connectivity index (χ4v) is 1.65. The van der Waals surface area contributed by atoms with E-state index >= 15 is 0 Å². The molecule has 0 saturated heterocycles.